The molecule has 0 saturated carbocycles. The van der Waals surface area contributed by atoms with Gasteiger partial charge in [0.2, 0.25) is 0 Å². The van der Waals surface area contributed by atoms with Gasteiger partial charge in [0, 0.05) is 12.1 Å². The van der Waals surface area contributed by atoms with Crippen molar-refractivity contribution in [1.82, 2.24) is 0 Å². The van der Waals surface area contributed by atoms with Gasteiger partial charge in [-0.3, -0.25) is 0 Å². The lowest BCUT2D eigenvalue weighted by molar-refractivity contribution is 0.411. The Labute approximate surface area is 174 Å². The second-order valence-corrected chi connectivity index (χ2v) is 9.00. The quantitative estimate of drug-likeness (QED) is 0.482. The monoisotopic (exact) mass is 450 g/mol. The molecule has 0 aliphatic rings. The van der Waals surface area contributed by atoms with Crippen LogP contribution < -0.4 is 17.8 Å². The number of rotatable bonds is 8. The molecular formula is C20H18O8S2. The summed E-state index contributed by atoms with van der Waals surface area (Å²) in [5.41, 5.74) is 0. The van der Waals surface area contributed by atoms with Crippen LogP contribution in [0.4, 0.5) is 0 Å². The van der Waals surface area contributed by atoms with Gasteiger partial charge in [0.15, 0.2) is 0 Å². The molecule has 158 valence electrons. The summed E-state index contributed by atoms with van der Waals surface area (Å²) in [5, 5.41) is 0. The molecule has 0 amide bonds. The molecule has 0 N–H and O–H groups in total. The van der Waals surface area contributed by atoms with E-state index in [0.717, 1.165) is 6.07 Å². The van der Waals surface area contributed by atoms with Gasteiger partial charge in [0.05, 0.1) is 14.2 Å². The van der Waals surface area contributed by atoms with Crippen LogP contribution in [-0.2, 0) is 20.2 Å². The summed E-state index contributed by atoms with van der Waals surface area (Å²) in [5.74, 6) is 0.863. The highest BCUT2D eigenvalue weighted by atomic mass is 32.2. The van der Waals surface area contributed by atoms with E-state index in [-0.39, 0.29) is 21.3 Å². The van der Waals surface area contributed by atoms with Crippen molar-refractivity contribution in [3.63, 3.8) is 0 Å². The van der Waals surface area contributed by atoms with Crippen LogP contribution in [0.1, 0.15) is 0 Å². The molecule has 0 bridgehead atoms. The Morgan fingerprint density at radius 2 is 0.900 bits per heavy atom. The molecule has 0 aliphatic carbocycles. The van der Waals surface area contributed by atoms with E-state index in [9.17, 15) is 16.8 Å². The van der Waals surface area contributed by atoms with Crippen LogP contribution in [0.25, 0.3) is 0 Å². The van der Waals surface area contributed by atoms with E-state index in [4.69, 9.17) is 17.8 Å². The van der Waals surface area contributed by atoms with Crippen molar-refractivity contribution in [1.29, 1.82) is 0 Å². The summed E-state index contributed by atoms with van der Waals surface area (Å²) >= 11 is 0. The largest absolute Gasteiger partial charge is 0.497 e. The highest BCUT2D eigenvalue weighted by Gasteiger charge is 2.23. The van der Waals surface area contributed by atoms with E-state index in [0.29, 0.717) is 11.5 Å². The molecule has 0 heterocycles. The van der Waals surface area contributed by atoms with Crippen molar-refractivity contribution in [2.75, 3.05) is 14.2 Å². The normalized spacial score (nSPS) is 11.5. The molecule has 0 aromatic heterocycles. The summed E-state index contributed by atoms with van der Waals surface area (Å²) in [6.45, 7) is 0. The molecule has 0 fully saturated rings. The summed E-state index contributed by atoms with van der Waals surface area (Å²) in [4.78, 5) is -0.693. The number of benzene rings is 3. The van der Waals surface area contributed by atoms with Gasteiger partial charge in [-0.05, 0) is 42.5 Å². The van der Waals surface area contributed by atoms with Crippen LogP contribution in [0.15, 0.2) is 82.6 Å². The van der Waals surface area contributed by atoms with E-state index in [2.05, 4.69) is 0 Å². The standard InChI is InChI=1S/C20H18O8S2/c1-25-15-6-3-8-17(12-15)27-29(21,22)19-10-5-11-20(14-19)30(23,24)28-18-9-4-7-16(13-18)26-2/h3-14H,1-2H3. The van der Waals surface area contributed by atoms with Crippen LogP contribution in [0.3, 0.4) is 0 Å². The predicted octanol–water partition coefficient (Wildman–Crippen LogP) is 3.24. The smallest absolute Gasteiger partial charge is 0.339 e. The van der Waals surface area contributed by atoms with Gasteiger partial charge in [-0.1, -0.05) is 18.2 Å². The minimum Gasteiger partial charge on any atom is -0.497 e. The minimum absolute atomic E-state index is 0.0234. The lowest BCUT2D eigenvalue weighted by atomic mass is 10.3. The van der Waals surface area contributed by atoms with Gasteiger partial charge in [-0.25, -0.2) is 0 Å². The zero-order valence-corrected chi connectivity index (χ0v) is 17.6. The number of methoxy groups -OCH3 is 2. The molecule has 3 aromatic rings. The third kappa shape index (κ3) is 5.02. The zero-order valence-electron chi connectivity index (χ0n) is 16.0. The first-order valence-electron chi connectivity index (χ1n) is 8.51. The molecule has 8 nitrogen and oxygen atoms in total. The van der Waals surface area contributed by atoms with E-state index in [1.165, 1.54) is 56.7 Å². The fraction of sp³-hybridized carbons (Fsp3) is 0.100. The van der Waals surface area contributed by atoms with Crippen molar-refractivity contribution in [2.24, 2.45) is 0 Å². The zero-order chi connectivity index (χ0) is 21.8. The molecule has 0 aliphatic heterocycles. The number of hydrogen-bond donors (Lipinski definition) is 0. The lowest BCUT2D eigenvalue weighted by Gasteiger charge is -2.11. The molecule has 0 spiro atoms. The van der Waals surface area contributed by atoms with Crippen LogP contribution in [0, 0.1) is 0 Å². The van der Waals surface area contributed by atoms with Gasteiger partial charge in [0.1, 0.15) is 32.8 Å². The van der Waals surface area contributed by atoms with Gasteiger partial charge in [-0.15, -0.1) is 0 Å². The molecule has 0 unspecified atom stereocenters. The first-order chi connectivity index (χ1) is 14.2. The van der Waals surface area contributed by atoms with Crippen LogP contribution in [0.5, 0.6) is 23.0 Å². The topological polar surface area (TPSA) is 105 Å². The fourth-order valence-corrected chi connectivity index (χ4v) is 4.46. The molecule has 10 heteroatoms. The summed E-state index contributed by atoms with van der Waals surface area (Å²) in [7, 11) is -5.73. The Hall–Kier alpha value is -3.24. The third-order valence-corrected chi connectivity index (χ3v) is 6.36. The highest BCUT2D eigenvalue weighted by Crippen LogP contribution is 2.26. The predicted molar refractivity (Wildman–Crippen MR) is 108 cm³/mol. The Kier molecular flexibility index (Phi) is 6.18. The third-order valence-electron chi connectivity index (χ3n) is 3.88. The van der Waals surface area contributed by atoms with Crippen molar-refractivity contribution >= 4 is 20.2 Å². The summed E-state index contributed by atoms with van der Waals surface area (Å²) in [6.07, 6.45) is 0. The Morgan fingerprint density at radius 3 is 1.30 bits per heavy atom. The molecule has 0 saturated heterocycles. The summed E-state index contributed by atoms with van der Waals surface area (Å²) < 4.78 is 70.7. The molecule has 0 atom stereocenters. The lowest BCUT2D eigenvalue weighted by Crippen LogP contribution is -2.13. The van der Waals surface area contributed by atoms with Crippen molar-refractivity contribution in [3.8, 4) is 23.0 Å². The van der Waals surface area contributed by atoms with Gasteiger partial charge in [-0.2, -0.15) is 16.8 Å². The van der Waals surface area contributed by atoms with Gasteiger partial charge in [0.25, 0.3) is 0 Å². The molecular weight excluding hydrogens is 432 g/mol. The number of ether oxygens (including phenoxy) is 2. The summed E-state index contributed by atoms with van der Waals surface area (Å²) in [6, 6.07) is 16.7. The van der Waals surface area contributed by atoms with Crippen LogP contribution >= 0.6 is 0 Å². The average Bonchev–Trinajstić information content (AvgIpc) is 2.73. The van der Waals surface area contributed by atoms with Crippen LogP contribution in [0.2, 0.25) is 0 Å². The van der Waals surface area contributed by atoms with E-state index < -0.39 is 20.2 Å². The molecule has 30 heavy (non-hydrogen) atoms. The average molecular weight is 450 g/mol. The van der Waals surface area contributed by atoms with Crippen molar-refractivity contribution in [2.45, 2.75) is 9.79 Å². The highest BCUT2D eigenvalue weighted by molar-refractivity contribution is 7.88. The van der Waals surface area contributed by atoms with E-state index in [1.807, 2.05) is 0 Å². The van der Waals surface area contributed by atoms with E-state index >= 15 is 0 Å². The Bertz CT molecular complexity index is 1160. The van der Waals surface area contributed by atoms with Crippen molar-refractivity contribution < 1.29 is 34.7 Å². The molecule has 3 aromatic carbocycles. The van der Waals surface area contributed by atoms with Gasteiger partial charge >= 0.3 is 20.2 Å². The Balaban J connectivity index is 1.88. The maximum atomic E-state index is 12.6. The van der Waals surface area contributed by atoms with E-state index in [1.54, 1.807) is 24.3 Å². The number of hydrogen-bond acceptors (Lipinski definition) is 8. The SMILES string of the molecule is COc1cccc(OS(=O)(=O)c2cccc(S(=O)(=O)Oc3cccc(OC)c3)c2)c1. The molecule has 3 rings (SSSR count). The molecule has 0 radical (unpaired) electrons. The minimum atomic E-state index is -4.30. The van der Waals surface area contributed by atoms with Crippen LogP contribution in [-0.4, -0.2) is 31.1 Å². The first-order valence-corrected chi connectivity index (χ1v) is 11.3. The second-order valence-electron chi connectivity index (χ2n) is 5.91. The maximum Gasteiger partial charge on any atom is 0.339 e. The van der Waals surface area contributed by atoms with Gasteiger partial charge < -0.3 is 17.8 Å². The maximum absolute atomic E-state index is 12.6. The first kappa shape index (κ1) is 21.5. The Morgan fingerprint density at radius 1 is 0.533 bits per heavy atom. The van der Waals surface area contributed by atoms with Crippen molar-refractivity contribution in [3.05, 3.63) is 72.8 Å². The second kappa shape index (κ2) is 8.64. The fourth-order valence-electron chi connectivity index (χ4n) is 2.44.